The summed E-state index contributed by atoms with van der Waals surface area (Å²) in [4.78, 5) is 24.2. The molecule has 0 bridgehead atoms. The second kappa shape index (κ2) is 10.1. The number of nitrogens with zero attached hydrogens (tertiary/aromatic N) is 4. The van der Waals surface area contributed by atoms with E-state index in [-0.39, 0.29) is 17.6 Å². The van der Waals surface area contributed by atoms with Gasteiger partial charge < -0.3 is 14.2 Å². The highest BCUT2D eigenvalue weighted by Gasteiger charge is 2.26. The van der Waals surface area contributed by atoms with E-state index in [1.165, 1.54) is 12.1 Å². The molecule has 0 saturated carbocycles. The summed E-state index contributed by atoms with van der Waals surface area (Å²) in [6.07, 6.45) is 5.57. The van der Waals surface area contributed by atoms with Gasteiger partial charge in [-0.3, -0.25) is 4.79 Å². The Balaban J connectivity index is 1.28. The van der Waals surface area contributed by atoms with Crippen LogP contribution in [0.5, 0.6) is 11.6 Å². The molecule has 1 amide bonds. The van der Waals surface area contributed by atoms with E-state index in [1.807, 2.05) is 54.4 Å². The number of hydrogen-bond donors (Lipinski definition) is 0. The lowest BCUT2D eigenvalue weighted by molar-refractivity contribution is 0.0705. The fraction of sp³-hybridized carbons (Fsp3) is 0.250. The van der Waals surface area contributed by atoms with Crippen molar-refractivity contribution in [2.45, 2.75) is 32.2 Å². The number of pyridine rings is 1. The maximum absolute atomic E-state index is 13.5. The number of halogens is 1. The Bertz CT molecular complexity index is 1340. The third-order valence-corrected chi connectivity index (χ3v) is 6.34. The lowest BCUT2D eigenvalue weighted by Gasteiger charge is -2.32. The molecule has 2 aromatic carbocycles. The summed E-state index contributed by atoms with van der Waals surface area (Å²) in [7, 11) is 0. The van der Waals surface area contributed by atoms with Gasteiger partial charge in [0, 0.05) is 61.3 Å². The Morgan fingerprint density at radius 3 is 2.80 bits per heavy atom. The van der Waals surface area contributed by atoms with E-state index >= 15 is 0 Å². The predicted octanol–water partition coefficient (Wildman–Crippen LogP) is 5.59. The van der Waals surface area contributed by atoms with Crippen LogP contribution >= 0.6 is 0 Å². The van der Waals surface area contributed by atoms with E-state index in [0.29, 0.717) is 30.3 Å². The van der Waals surface area contributed by atoms with Crippen molar-refractivity contribution in [2.24, 2.45) is 0 Å². The van der Waals surface area contributed by atoms with Crippen molar-refractivity contribution in [1.82, 2.24) is 19.4 Å². The number of likely N-dealkylation sites (tertiary alicyclic amines) is 1. The van der Waals surface area contributed by atoms with Crippen molar-refractivity contribution in [1.29, 1.82) is 0 Å². The molecule has 1 aliphatic rings. The maximum Gasteiger partial charge on any atom is 0.253 e. The SMILES string of the molecule is Cc1nccn1Cc1cccc(C(=O)N2CCC[C@@H](c3cccc(Oc4cccc(F)c4)n3)C2)c1. The summed E-state index contributed by atoms with van der Waals surface area (Å²) < 4.78 is 21.3. The number of carbonyl (C=O) groups excluding carboxylic acids is 1. The normalized spacial score (nSPS) is 15.7. The minimum absolute atomic E-state index is 0.0334. The third-order valence-electron chi connectivity index (χ3n) is 6.34. The first-order valence-electron chi connectivity index (χ1n) is 11.8. The maximum atomic E-state index is 13.5. The zero-order valence-corrected chi connectivity index (χ0v) is 19.6. The Kier molecular flexibility index (Phi) is 6.57. The van der Waals surface area contributed by atoms with Crippen LogP contribution in [-0.2, 0) is 6.54 Å². The molecule has 0 N–H and O–H groups in total. The zero-order valence-electron chi connectivity index (χ0n) is 19.6. The Labute approximate surface area is 204 Å². The van der Waals surface area contributed by atoms with Gasteiger partial charge in [-0.2, -0.15) is 0 Å². The average Bonchev–Trinajstić information content (AvgIpc) is 3.28. The van der Waals surface area contributed by atoms with Crippen LogP contribution in [0.25, 0.3) is 0 Å². The van der Waals surface area contributed by atoms with Crippen molar-refractivity contribution >= 4 is 5.91 Å². The molecule has 0 unspecified atom stereocenters. The summed E-state index contributed by atoms with van der Waals surface area (Å²) in [5, 5.41) is 0. The second-order valence-corrected chi connectivity index (χ2v) is 8.85. The number of benzene rings is 2. The number of rotatable bonds is 6. The lowest BCUT2D eigenvalue weighted by Crippen LogP contribution is -2.39. The van der Waals surface area contributed by atoms with Gasteiger partial charge in [0.05, 0.1) is 0 Å². The smallest absolute Gasteiger partial charge is 0.253 e. The van der Waals surface area contributed by atoms with Crippen LogP contribution in [0.3, 0.4) is 0 Å². The number of amides is 1. The molecule has 0 radical (unpaired) electrons. The molecule has 0 spiro atoms. The van der Waals surface area contributed by atoms with Crippen molar-refractivity contribution in [2.75, 3.05) is 13.1 Å². The van der Waals surface area contributed by atoms with Crippen molar-refractivity contribution in [3.05, 3.63) is 108 Å². The first-order valence-corrected chi connectivity index (χ1v) is 11.8. The number of aryl methyl sites for hydroxylation is 1. The average molecular weight is 471 g/mol. The fourth-order valence-electron chi connectivity index (χ4n) is 4.52. The van der Waals surface area contributed by atoms with Crippen LogP contribution in [0.2, 0.25) is 0 Å². The van der Waals surface area contributed by atoms with Gasteiger partial charge in [-0.1, -0.05) is 24.3 Å². The van der Waals surface area contributed by atoms with Crippen LogP contribution in [-0.4, -0.2) is 38.4 Å². The molecule has 0 aliphatic carbocycles. The largest absolute Gasteiger partial charge is 0.439 e. The Hall–Kier alpha value is -4.00. The topological polar surface area (TPSA) is 60.2 Å². The first kappa shape index (κ1) is 22.8. The van der Waals surface area contributed by atoms with Crippen LogP contribution in [0.1, 0.15) is 46.2 Å². The molecule has 178 valence electrons. The standard InChI is InChI=1S/C28H27FN4O2/c1-20-30-13-15-32(20)18-21-6-2-7-22(16-21)28(34)33-14-5-8-23(19-33)26-11-4-12-27(31-26)35-25-10-3-9-24(29)17-25/h2-4,6-7,9-13,15-17,23H,5,8,14,18-19H2,1H3/t23-/m1/s1. The second-order valence-electron chi connectivity index (χ2n) is 8.85. The van der Waals surface area contributed by atoms with Gasteiger partial charge in [0.15, 0.2) is 0 Å². The summed E-state index contributed by atoms with van der Waals surface area (Å²) in [6, 6.07) is 19.4. The molecular weight excluding hydrogens is 443 g/mol. The summed E-state index contributed by atoms with van der Waals surface area (Å²) in [5.74, 6) is 1.55. The van der Waals surface area contributed by atoms with Gasteiger partial charge in [-0.05, 0) is 55.7 Å². The summed E-state index contributed by atoms with van der Waals surface area (Å²) >= 11 is 0. The van der Waals surface area contributed by atoms with Gasteiger partial charge in [0.25, 0.3) is 5.91 Å². The molecule has 4 aromatic rings. The number of ether oxygens (including phenoxy) is 1. The van der Waals surface area contributed by atoms with Gasteiger partial charge in [-0.25, -0.2) is 14.4 Å². The van der Waals surface area contributed by atoms with Crippen molar-refractivity contribution < 1.29 is 13.9 Å². The zero-order chi connectivity index (χ0) is 24.2. The van der Waals surface area contributed by atoms with Crippen LogP contribution in [0.15, 0.2) is 79.1 Å². The number of aromatic nitrogens is 3. The van der Waals surface area contributed by atoms with E-state index in [9.17, 15) is 9.18 Å². The molecule has 3 heterocycles. The molecule has 1 fully saturated rings. The minimum atomic E-state index is -0.357. The molecule has 1 saturated heterocycles. The van der Waals surface area contributed by atoms with E-state index in [2.05, 4.69) is 14.5 Å². The van der Waals surface area contributed by atoms with Crippen LogP contribution in [0.4, 0.5) is 4.39 Å². The highest BCUT2D eigenvalue weighted by molar-refractivity contribution is 5.94. The predicted molar refractivity (Wildman–Crippen MR) is 131 cm³/mol. The van der Waals surface area contributed by atoms with Crippen LogP contribution < -0.4 is 4.74 Å². The van der Waals surface area contributed by atoms with Gasteiger partial charge in [0.1, 0.15) is 17.4 Å². The molecule has 2 aromatic heterocycles. The Morgan fingerprint density at radius 2 is 1.97 bits per heavy atom. The van der Waals surface area contributed by atoms with Gasteiger partial charge >= 0.3 is 0 Å². The highest BCUT2D eigenvalue weighted by Crippen LogP contribution is 2.29. The minimum Gasteiger partial charge on any atom is -0.439 e. The number of piperidine rings is 1. The Morgan fingerprint density at radius 1 is 1.11 bits per heavy atom. The highest BCUT2D eigenvalue weighted by atomic mass is 19.1. The fourth-order valence-corrected chi connectivity index (χ4v) is 4.52. The molecular formula is C28H27FN4O2. The molecule has 1 aliphatic heterocycles. The van der Waals surface area contributed by atoms with Crippen molar-refractivity contribution in [3.63, 3.8) is 0 Å². The van der Waals surface area contributed by atoms with Gasteiger partial charge in [0.2, 0.25) is 5.88 Å². The summed E-state index contributed by atoms with van der Waals surface area (Å²) in [5.41, 5.74) is 2.63. The lowest BCUT2D eigenvalue weighted by atomic mass is 9.93. The molecule has 1 atom stereocenters. The van der Waals surface area contributed by atoms with E-state index in [4.69, 9.17) is 4.74 Å². The van der Waals surface area contributed by atoms with E-state index in [1.54, 1.807) is 24.4 Å². The quantitative estimate of drug-likeness (QED) is 0.369. The van der Waals surface area contributed by atoms with Crippen LogP contribution in [0, 0.1) is 12.7 Å². The van der Waals surface area contributed by atoms with Gasteiger partial charge in [-0.15, -0.1) is 0 Å². The number of carbonyl (C=O) groups is 1. The van der Waals surface area contributed by atoms with Crippen molar-refractivity contribution in [3.8, 4) is 11.6 Å². The first-order chi connectivity index (χ1) is 17.0. The summed E-state index contributed by atoms with van der Waals surface area (Å²) in [6.45, 7) is 3.96. The number of imidazole rings is 1. The van der Waals surface area contributed by atoms with E-state index in [0.717, 1.165) is 36.5 Å². The van der Waals surface area contributed by atoms with E-state index < -0.39 is 0 Å². The monoisotopic (exact) mass is 470 g/mol. The number of hydrogen-bond acceptors (Lipinski definition) is 4. The molecule has 7 heteroatoms. The molecule has 6 nitrogen and oxygen atoms in total. The third kappa shape index (κ3) is 5.40. The molecule has 5 rings (SSSR count). The molecule has 35 heavy (non-hydrogen) atoms.